The molecule has 0 radical (unpaired) electrons. The van der Waals surface area contributed by atoms with E-state index in [1.54, 1.807) is 11.3 Å². The highest BCUT2D eigenvalue weighted by Gasteiger charge is 2.03. The molecule has 1 heteroatoms. The molecular weight excluding hydrogens is 248 g/mol. The number of hydrogen-bond donors (Lipinski definition) is 0. The molecule has 19 heavy (non-hydrogen) atoms. The Morgan fingerprint density at radius 1 is 0.632 bits per heavy atom. The third-order valence-electron chi connectivity index (χ3n) is 3.55. The van der Waals surface area contributed by atoms with E-state index in [0.717, 1.165) is 0 Å². The molecule has 0 nitrogen and oxygen atoms in total. The van der Waals surface area contributed by atoms with E-state index in [1.807, 2.05) is 0 Å². The lowest BCUT2D eigenvalue weighted by Gasteiger charge is -2.05. The molecule has 0 saturated heterocycles. The smallest absolute Gasteiger partial charge is 0.0342 e. The predicted molar refractivity (Wildman–Crippen MR) is 84.8 cm³/mol. The van der Waals surface area contributed by atoms with Crippen molar-refractivity contribution in [2.75, 3.05) is 0 Å². The highest BCUT2D eigenvalue weighted by atomic mass is 32.1. The van der Waals surface area contributed by atoms with Crippen LogP contribution in [-0.2, 0) is 0 Å². The normalized spacial score (nSPS) is 11.2. The molecule has 0 N–H and O–H groups in total. The summed E-state index contributed by atoms with van der Waals surface area (Å²) >= 11 is 1.79. The minimum atomic E-state index is 1.30. The van der Waals surface area contributed by atoms with Gasteiger partial charge in [0.1, 0.15) is 0 Å². The summed E-state index contributed by atoms with van der Waals surface area (Å²) in [5.41, 5.74) is 1.30. The molecule has 90 valence electrons. The molecule has 0 amide bonds. The lowest BCUT2D eigenvalue weighted by Crippen LogP contribution is -1.79. The second-order valence-electron chi connectivity index (χ2n) is 4.70. The van der Waals surface area contributed by atoms with Crippen LogP contribution in [0.5, 0.6) is 0 Å². The Morgan fingerprint density at radius 3 is 2.37 bits per heavy atom. The van der Waals surface area contributed by atoms with E-state index in [4.69, 9.17) is 0 Å². The molecule has 0 bridgehead atoms. The number of hydrogen-bond acceptors (Lipinski definition) is 1. The zero-order valence-corrected chi connectivity index (χ0v) is 11.2. The number of benzene rings is 3. The summed E-state index contributed by atoms with van der Waals surface area (Å²) in [6.07, 6.45) is 0. The van der Waals surface area contributed by atoms with Gasteiger partial charge in [-0.05, 0) is 44.6 Å². The van der Waals surface area contributed by atoms with E-state index in [0.29, 0.717) is 0 Å². The third kappa shape index (κ3) is 1.74. The predicted octanol–water partition coefficient (Wildman–Crippen LogP) is 5.72. The van der Waals surface area contributed by atoms with Gasteiger partial charge in [-0.15, -0.1) is 11.3 Å². The van der Waals surface area contributed by atoms with Crippen molar-refractivity contribution < 1.29 is 0 Å². The van der Waals surface area contributed by atoms with Gasteiger partial charge in [-0.25, -0.2) is 0 Å². The number of thiophene rings is 1. The molecule has 0 aliphatic carbocycles. The summed E-state index contributed by atoms with van der Waals surface area (Å²) in [5.74, 6) is 0. The van der Waals surface area contributed by atoms with E-state index in [1.165, 1.54) is 32.0 Å². The Balaban J connectivity index is 2.03. The van der Waals surface area contributed by atoms with Crippen LogP contribution in [0, 0.1) is 0 Å². The standard InChI is InChI=1S/C18H12S/c1-2-5-16-13(4-1)7-8-14-12-15(9-10-17(14)16)18-6-3-11-19-18/h1-12H. The van der Waals surface area contributed by atoms with Gasteiger partial charge in [-0.2, -0.15) is 0 Å². The largest absolute Gasteiger partial charge is 0.144 e. The maximum Gasteiger partial charge on any atom is 0.0342 e. The van der Waals surface area contributed by atoms with Gasteiger partial charge in [0.2, 0.25) is 0 Å². The average Bonchev–Trinajstić information content (AvgIpc) is 3.01. The molecule has 0 spiro atoms. The van der Waals surface area contributed by atoms with Gasteiger partial charge in [-0.1, -0.05) is 54.6 Å². The quantitative estimate of drug-likeness (QED) is 0.384. The monoisotopic (exact) mass is 260 g/mol. The second-order valence-corrected chi connectivity index (χ2v) is 5.65. The lowest BCUT2D eigenvalue weighted by atomic mass is 10.00. The molecular formula is C18H12S. The van der Waals surface area contributed by atoms with Gasteiger partial charge in [-0.3, -0.25) is 0 Å². The Morgan fingerprint density at radius 2 is 1.47 bits per heavy atom. The third-order valence-corrected chi connectivity index (χ3v) is 4.47. The van der Waals surface area contributed by atoms with E-state index >= 15 is 0 Å². The number of rotatable bonds is 1. The first-order valence-electron chi connectivity index (χ1n) is 6.37. The fraction of sp³-hybridized carbons (Fsp3) is 0. The van der Waals surface area contributed by atoms with Crippen molar-refractivity contribution in [1.29, 1.82) is 0 Å². The maximum atomic E-state index is 2.29. The summed E-state index contributed by atoms with van der Waals surface area (Å²) in [7, 11) is 0. The first kappa shape index (κ1) is 10.8. The van der Waals surface area contributed by atoms with Crippen LogP contribution < -0.4 is 0 Å². The summed E-state index contributed by atoms with van der Waals surface area (Å²) in [4.78, 5) is 1.33. The zero-order chi connectivity index (χ0) is 12.7. The molecule has 3 aromatic carbocycles. The average molecular weight is 260 g/mol. The van der Waals surface area contributed by atoms with Gasteiger partial charge in [0, 0.05) is 4.88 Å². The van der Waals surface area contributed by atoms with Crippen molar-refractivity contribution >= 4 is 32.9 Å². The molecule has 0 atom stereocenters. The van der Waals surface area contributed by atoms with Crippen LogP contribution in [0.25, 0.3) is 32.0 Å². The van der Waals surface area contributed by atoms with Gasteiger partial charge in [0.15, 0.2) is 0 Å². The first-order valence-corrected chi connectivity index (χ1v) is 7.25. The lowest BCUT2D eigenvalue weighted by molar-refractivity contribution is 1.75. The highest BCUT2D eigenvalue weighted by molar-refractivity contribution is 7.13. The molecule has 1 heterocycles. The fourth-order valence-electron chi connectivity index (χ4n) is 2.61. The minimum Gasteiger partial charge on any atom is -0.144 e. The van der Waals surface area contributed by atoms with Crippen LogP contribution in [0.15, 0.2) is 72.1 Å². The van der Waals surface area contributed by atoms with Crippen molar-refractivity contribution in [2.45, 2.75) is 0 Å². The van der Waals surface area contributed by atoms with Crippen molar-refractivity contribution in [1.82, 2.24) is 0 Å². The van der Waals surface area contributed by atoms with Gasteiger partial charge in [0.05, 0.1) is 0 Å². The van der Waals surface area contributed by atoms with E-state index < -0.39 is 0 Å². The number of fused-ring (bicyclic) bond motifs is 3. The maximum absolute atomic E-state index is 2.29. The first-order chi connectivity index (χ1) is 9.42. The molecule has 0 unspecified atom stereocenters. The SMILES string of the molecule is c1csc(-c2ccc3c(ccc4ccccc43)c2)c1. The van der Waals surface area contributed by atoms with Gasteiger partial charge >= 0.3 is 0 Å². The van der Waals surface area contributed by atoms with Crippen molar-refractivity contribution in [3.63, 3.8) is 0 Å². The van der Waals surface area contributed by atoms with E-state index in [2.05, 4.69) is 72.1 Å². The minimum absolute atomic E-state index is 1.30. The molecule has 4 aromatic rings. The molecule has 4 rings (SSSR count). The second kappa shape index (κ2) is 4.22. The summed E-state index contributed by atoms with van der Waals surface area (Å²) < 4.78 is 0. The zero-order valence-electron chi connectivity index (χ0n) is 10.3. The van der Waals surface area contributed by atoms with Crippen molar-refractivity contribution in [3.8, 4) is 10.4 Å². The molecule has 0 saturated carbocycles. The fourth-order valence-corrected chi connectivity index (χ4v) is 3.33. The Hall–Kier alpha value is -2.12. The van der Waals surface area contributed by atoms with Crippen LogP contribution in [0.3, 0.4) is 0 Å². The van der Waals surface area contributed by atoms with Crippen LogP contribution in [0.1, 0.15) is 0 Å². The molecule has 0 aliphatic heterocycles. The molecule has 1 aromatic heterocycles. The molecule has 0 fully saturated rings. The highest BCUT2D eigenvalue weighted by Crippen LogP contribution is 2.31. The Kier molecular flexibility index (Phi) is 2.39. The van der Waals surface area contributed by atoms with E-state index in [9.17, 15) is 0 Å². The Labute approximate surface area is 115 Å². The summed E-state index contributed by atoms with van der Waals surface area (Å²) in [5, 5.41) is 7.40. The van der Waals surface area contributed by atoms with Crippen LogP contribution in [0.2, 0.25) is 0 Å². The topological polar surface area (TPSA) is 0 Å². The van der Waals surface area contributed by atoms with Crippen LogP contribution >= 0.6 is 11.3 Å². The summed E-state index contributed by atoms with van der Waals surface area (Å²) in [6.45, 7) is 0. The Bertz CT molecular complexity index is 857. The van der Waals surface area contributed by atoms with Crippen molar-refractivity contribution in [2.24, 2.45) is 0 Å². The van der Waals surface area contributed by atoms with Crippen LogP contribution in [-0.4, -0.2) is 0 Å². The summed E-state index contributed by atoms with van der Waals surface area (Å²) in [6, 6.07) is 24.0. The van der Waals surface area contributed by atoms with Crippen LogP contribution in [0.4, 0.5) is 0 Å². The molecule has 0 aliphatic rings. The van der Waals surface area contributed by atoms with E-state index in [-0.39, 0.29) is 0 Å². The van der Waals surface area contributed by atoms with Crippen molar-refractivity contribution in [3.05, 3.63) is 72.1 Å². The van der Waals surface area contributed by atoms with Gasteiger partial charge in [0.25, 0.3) is 0 Å². The van der Waals surface area contributed by atoms with Gasteiger partial charge < -0.3 is 0 Å².